The van der Waals surface area contributed by atoms with Crippen molar-refractivity contribution in [2.75, 3.05) is 0 Å². The Hall–Kier alpha value is -1.66. The van der Waals surface area contributed by atoms with Gasteiger partial charge >= 0.3 is 6.18 Å². The summed E-state index contributed by atoms with van der Waals surface area (Å²) in [6.07, 6.45) is -3.81. The normalized spacial score (nSPS) is 11.3. The third-order valence-electron chi connectivity index (χ3n) is 1.23. The van der Waals surface area contributed by atoms with Crippen LogP contribution in [0.15, 0.2) is 12.4 Å². The van der Waals surface area contributed by atoms with E-state index in [-0.39, 0.29) is 5.69 Å². The Bertz CT molecular complexity index is 333. The van der Waals surface area contributed by atoms with E-state index in [9.17, 15) is 13.2 Å². The Morgan fingerprint density at radius 2 is 2.00 bits per heavy atom. The highest BCUT2D eigenvalue weighted by Crippen LogP contribution is 2.26. The van der Waals surface area contributed by atoms with E-state index in [0.717, 1.165) is 6.33 Å². The molecule has 0 aliphatic heterocycles. The van der Waals surface area contributed by atoms with Crippen LogP contribution in [0, 0.1) is 5.41 Å². The van der Waals surface area contributed by atoms with Crippen molar-refractivity contribution in [3.63, 3.8) is 0 Å². The molecule has 0 radical (unpaired) electrons. The smallest absolute Gasteiger partial charge is 0.382 e. The van der Waals surface area contributed by atoms with Crippen molar-refractivity contribution in [1.29, 1.82) is 5.41 Å². The molecule has 0 fully saturated rings. The van der Waals surface area contributed by atoms with Crippen molar-refractivity contribution < 1.29 is 13.2 Å². The molecule has 1 aromatic rings. The second kappa shape index (κ2) is 3.00. The summed E-state index contributed by atoms with van der Waals surface area (Å²) < 4.78 is 36.1. The maximum Gasteiger partial charge on any atom is 0.433 e. The summed E-state index contributed by atoms with van der Waals surface area (Å²) in [5, 5.41) is 6.86. The summed E-state index contributed by atoms with van der Waals surface area (Å²) in [4.78, 5) is 6.40. The van der Waals surface area contributed by atoms with Crippen molar-refractivity contribution in [1.82, 2.24) is 9.97 Å². The third kappa shape index (κ3) is 2.14. The minimum absolute atomic E-state index is 0.234. The average Bonchev–Trinajstić information content (AvgIpc) is 2.03. The zero-order chi connectivity index (χ0) is 10.1. The number of hydrogen-bond acceptors (Lipinski definition) is 3. The van der Waals surface area contributed by atoms with E-state index in [0.29, 0.717) is 6.07 Å². The fourth-order valence-electron chi connectivity index (χ4n) is 0.660. The number of hydrogen-bond donors (Lipinski definition) is 2. The van der Waals surface area contributed by atoms with Gasteiger partial charge in [-0.2, -0.15) is 13.2 Å². The molecule has 70 valence electrons. The van der Waals surface area contributed by atoms with E-state index >= 15 is 0 Å². The first-order valence-electron chi connectivity index (χ1n) is 3.15. The van der Waals surface area contributed by atoms with Crippen LogP contribution in [0.3, 0.4) is 0 Å². The Morgan fingerprint density at radius 1 is 1.38 bits per heavy atom. The minimum atomic E-state index is -4.53. The molecule has 7 heteroatoms. The number of aromatic nitrogens is 2. The van der Waals surface area contributed by atoms with Crippen LogP contribution >= 0.6 is 0 Å². The van der Waals surface area contributed by atoms with Crippen LogP contribution in [-0.4, -0.2) is 15.8 Å². The third-order valence-corrected chi connectivity index (χ3v) is 1.23. The molecule has 0 spiro atoms. The van der Waals surface area contributed by atoms with Crippen LogP contribution < -0.4 is 5.73 Å². The second-order valence-electron chi connectivity index (χ2n) is 2.20. The zero-order valence-corrected chi connectivity index (χ0v) is 6.26. The highest BCUT2D eigenvalue weighted by Gasteiger charge is 2.32. The van der Waals surface area contributed by atoms with E-state index < -0.39 is 17.7 Å². The molecule has 0 saturated heterocycles. The van der Waals surface area contributed by atoms with Gasteiger partial charge in [-0.3, -0.25) is 5.41 Å². The minimum Gasteiger partial charge on any atom is -0.382 e. The quantitative estimate of drug-likeness (QED) is 0.507. The number of nitrogens with zero attached hydrogens (tertiary/aromatic N) is 2. The molecule has 4 nitrogen and oxygen atoms in total. The Morgan fingerprint density at radius 3 is 2.46 bits per heavy atom. The number of alkyl halides is 3. The predicted octanol–water partition coefficient (Wildman–Crippen LogP) is 0.779. The summed E-state index contributed by atoms with van der Waals surface area (Å²) in [6.45, 7) is 0. The largest absolute Gasteiger partial charge is 0.433 e. The molecule has 1 heterocycles. The molecule has 0 aliphatic rings. The van der Waals surface area contributed by atoms with E-state index in [2.05, 4.69) is 9.97 Å². The van der Waals surface area contributed by atoms with Crippen LogP contribution in [0.5, 0.6) is 0 Å². The van der Waals surface area contributed by atoms with Gasteiger partial charge < -0.3 is 5.73 Å². The lowest BCUT2D eigenvalue weighted by Gasteiger charge is -2.05. The lowest BCUT2D eigenvalue weighted by molar-refractivity contribution is -0.141. The Labute approximate surface area is 71.1 Å². The molecule has 13 heavy (non-hydrogen) atoms. The fourth-order valence-corrected chi connectivity index (χ4v) is 0.660. The summed E-state index contributed by atoms with van der Waals surface area (Å²) in [5.74, 6) is -0.520. The van der Waals surface area contributed by atoms with Gasteiger partial charge in [-0.25, -0.2) is 9.97 Å². The van der Waals surface area contributed by atoms with Crippen molar-refractivity contribution in [2.24, 2.45) is 5.73 Å². The second-order valence-corrected chi connectivity index (χ2v) is 2.20. The van der Waals surface area contributed by atoms with Gasteiger partial charge in [0.1, 0.15) is 23.6 Å². The van der Waals surface area contributed by atoms with Crippen molar-refractivity contribution in [3.8, 4) is 0 Å². The van der Waals surface area contributed by atoms with E-state index in [1.165, 1.54) is 0 Å². The van der Waals surface area contributed by atoms with Crippen LogP contribution in [0.25, 0.3) is 0 Å². The van der Waals surface area contributed by atoms with Crippen LogP contribution in [0.1, 0.15) is 11.4 Å². The fraction of sp³-hybridized carbons (Fsp3) is 0.167. The highest BCUT2D eigenvalue weighted by atomic mass is 19.4. The summed E-state index contributed by atoms with van der Waals surface area (Å²) in [5.41, 5.74) is 3.61. The zero-order valence-electron chi connectivity index (χ0n) is 6.26. The number of nitrogens with two attached hydrogens (primary N) is 1. The lowest BCUT2D eigenvalue weighted by atomic mass is 10.3. The number of halogens is 3. The molecule has 0 unspecified atom stereocenters. The summed E-state index contributed by atoms with van der Waals surface area (Å²) in [7, 11) is 0. The molecule has 3 N–H and O–H groups in total. The van der Waals surface area contributed by atoms with Crippen LogP contribution in [-0.2, 0) is 6.18 Å². The molecular formula is C6H5F3N4. The van der Waals surface area contributed by atoms with Crippen molar-refractivity contribution in [3.05, 3.63) is 23.8 Å². The van der Waals surface area contributed by atoms with Gasteiger partial charge in [0.05, 0.1) is 0 Å². The number of nitrogens with one attached hydrogen (secondary N) is 1. The number of rotatable bonds is 1. The van der Waals surface area contributed by atoms with Gasteiger partial charge in [-0.05, 0) is 6.07 Å². The molecule has 0 aromatic carbocycles. The van der Waals surface area contributed by atoms with E-state index in [1.807, 2.05) is 0 Å². The maximum absolute atomic E-state index is 12.0. The number of nitrogen functional groups attached to an aromatic ring is 1. The molecule has 1 aromatic heterocycles. The van der Waals surface area contributed by atoms with Gasteiger partial charge in [0, 0.05) is 0 Å². The van der Waals surface area contributed by atoms with Crippen molar-refractivity contribution >= 4 is 5.84 Å². The van der Waals surface area contributed by atoms with Gasteiger partial charge in [-0.1, -0.05) is 0 Å². The van der Waals surface area contributed by atoms with Gasteiger partial charge in [0.15, 0.2) is 0 Å². The molecule has 0 atom stereocenters. The molecule has 1 rings (SSSR count). The average molecular weight is 190 g/mol. The monoisotopic (exact) mass is 190 g/mol. The predicted molar refractivity (Wildman–Crippen MR) is 38.1 cm³/mol. The highest BCUT2D eigenvalue weighted by molar-refractivity contribution is 5.92. The number of amidine groups is 1. The summed E-state index contributed by atoms with van der Waals surface area (Å²) >= 11 is 0. The van der Waals surface area contributed by atoms with E-state index in [1.54, 1.807) is 0 Å². The molecule has 0 bridgehead atoms. The Kier molecular flexibility index (Phi) is 2.18. The molecule has 0 aliphatic carbocycles. The van der Waals surface area contributed by atoms with Gasteiger partial charge in [0.2, 0.25) is 0 Å². The summed E-state index contributed by atoms with van der Waals surface area (Å²) in [6, 6.07) is 0.627. The molecule has 0 saturated carbocycles. The first kappa shape index (κ1) is 9.43. The first-order valence-corrected chi connectivity index (χ1v) is 3.15. The molecular weight excluding hydrogens is 185 g/mol. The lowest BCUT2D eigenvalue weighted by Crippen LogP contribution is -2.16. The topological polar surface area (TPSA) is 75.7 Å². The Balaban J connectivity index is 3.13. The first-order chi connectivity index (χ1) is 5.91. The van der Waals surface area contributed by atoms with Gasteiger partial charge in [0.25, 0.3) is 0 Å². The van der Waals surface area contributed by atoms with Gasteiger partial charge in [-0.15, -0.1) is 0 Å². The van der Waals surface area contributed by atoms with Crippen LogP contribution in [0.2, 0.25) is 0 Å². The molecule has 0 amide bonds. The standard InChI is InChI=1S/C6H5F3N4/c7-6(8,9)4-1-3(5(10)11)12-2-13-4/h1-2H,(H3,10,11). The maximum atomic E-state index is 12.0. The van der Waals surface area contributed by atoms with Crippen molar-refractivity contribution in [2.45, 2.75) is 6.18 Å². The van der Waals surface area contributed by atoms with Crippen LogP contribution in [0.4, 0.5) is 13.2 Å². The van der Waals surface area contributed by atoms with E-state index in [4.69, 9.17) is 11.1 Å². The SMILES string of the molecule is N=C(N)c1cc(C(F)(F)F)ncn1.